The third-order valence-electron chi connectivity index (χ3n) is 3.96. The minimum Gasteiger partial charge on any atom is -0.508 e. The number of hydrogen-bond acceptors (Lipinski definition) is 4. The molecule has 1 aliphatic rings. The normalized spacial score (nSPS) is 25.2. The second-order valence-corrected chi connectivity index (χ2v) is 5.31. The number of nitrogens with zero attached hydrogens (tertiary/aromatic N) is 1. The van der Waals surface area contributed by atoms with Gasteiger partial charge in [0.25, 0.3) is 0 Å². The van der Waals surface area contributed by atoms with Crippen LogP contribution in [0.1, 0.15) is 18.9 Å². The molecule has 0 spiro atoms. The van der Waals surface area contributed by atoms with Gasteiger partial charge in [-0.05, 0) is 37.4 Å². The lowest BCUT2D eigenvalue weighted by molar-refractivity contribution is 0.125. The number of nitrogens with two attached hydrogens (primary N) is 1. The van der Waals surface area contributed by atoms with E-state index in [2.05, 4.69) is 11.8 Å². The fraction of sp³-hybridized carbons (Fsp3) is 0.571. The van der Waals surface area contributed by atoms with E-state index in [0.717, 1.165) is 38.2 Å². The van der Waals surface area contributed by atoms with Gasteiger partial charge in [0.2, 0.25) is 0 Å². The van der Waals surface area contributed by atoms with Gasteiger partial charge in [-0.25, -0.2) is 0 Å². The Kier molecular flexibility index (Phi) is 4.09. The Morgan fingerprint density at radius 2 is 2.17 bits per heavy atom. The Bertz CT molecular complexity index is 409. The second kappa shape index (κ2) is 5.59. The predicted octanol–water partition coefficient (Wildman–Crippen LogP) is 1.51. The van der Waals surface area contributed by atoms with E-state index in [9.17, 15) is 10.2 Å². The highest BCUT2D eigenvalue weighted by molar-refractivity contribution is 5.38. The van der Waals surface area contributed by atoms with E-state index < -0.39 is 0 Å². The summed E-state index contributed by atoms with van der Waals surface area (Å²) in [7, 11) is 0. The van der Waals surface area contributed by atoms with E-state index in [1.54, 1.807) is 12.1 Å². The number of aromatic hydroxyl groups is 2. The van der Waals surface area contributed by atoms with Crippen molar-refractivity contribution in [1.29, 1.82) is 0 Å². The molecule has 1 saturated heterocycles. The Morgan fingerprint density at radius 3 is 2.83 bits per heavy atom. The van der Waals surface area contributed by atoms with Crippen LogP contribution in [0.4, 0.5) is 0 Å². The van der Waals surface area contributed by atoms with Crippen molar-refractivity contribution in [3.63, 3.8) is 0 Å². The first-order valence-corrected chi connectivity index (χ1v) is 6.53. The Labute approximate surface area is 108 Å². The standard InChI is InChI=1S/C14H22N2O2/c1-10-4-5-16(9-12(10)7-15)8-11-2-3-13(17)6-14(11)18/h2-3,6,10,12,17-18H,4-5,7-9,15H2,1H3. The monoisotopic (exact) mass is 250 g/mol. The molecular formula is C14H22N2O2. The molecule has 0 radical (unpaired) electrons. The maximum absolute atomic E-state index is 9.79. The quantitative estimate of drug-likeness (QED) is 0.760. The molecule has 4 nitrogen and oxygen atoms in total. The van der Waals surface area contributed by atoms with Crippen molar-refractivity contribution in [3.05, 3.63) is 23.8 Å². The van der Waals surface area contributed by atoms with Crippen molar-refractivity contribution in [2.75, 3.05) is 19.6 Å². The van der Waals surface area contributed by atoms with Crippen molar-refractivity contribution in [1.82, 2.24) is 4.90 Å². The van der Waals surface area contributed by atoms with Gasteiger partial charge in [0, 0.05) is 24.7 Å². The average molecular weight is 250 g/mol. The van der Waals surface area contributed by atoms with Gasteiger partial charge in [-0.3, -0.25) is 4.90 Å². The Morgan fingerprint density at radius 1 is 1.39 bits per heavy atom. The van der Waals surface area contributed by atoms with Crippen molar-refractivity contribution < 1.29 is 10.2 Å². The molecular weight excluding hydrogens is 228 g/mol. The smallest absolute Gasteiger partial charge is 0.123 e. The molecule has 2 rings (SSSR count). The van der Waals surface area contributed by atoms with Gasteiger partial charge in [-0.1, -0.05) is 13.0 Å². The zero-order valence-corrected chi connectivity index (χ0v) is 10.8. The maximum Gasteiger partial charge on any atom is 0.123 e. The van der Waals surface area contributed by atoms with Gasteiger partial charge < -0.3 is 15.9 Å². The predicted molar refractivity (Wildman–Crippen MR) is 71.4 cm³/mol. The largest absolute Gasteiger partial charge is 0.508 e. The van der Waals surface area contributed by atoms with Gasteiger partial charge in [0.15, 0.2) is 0 Å². The van der Waals surface area contributed by atoms with Gasteiger partial charge in [0.05, 0.1) is 0 Å². The molecule has 1 heterocycles. The number of phenols is 2. The van der Waals surface area contributed by atoms with E-state index >= 15 is 0 Å². The van der Waals surface area contributed by atoms with Crippen molar-refractivity contribution in [3.8, 4) is 11.5 Å². The lowest BCUT2D eigenvalue weighted by atomic mass is 9.87. The second-order valence-electron chi connectivity index (χ2n) is 5.31. The molecule has 1 aliphatic heterocycles. The van der Waals surface area contributed by atoms with Crippen LogP contribution < -0.4 is 5.73 Å². The van der Waals surface area contributed by atoms with Gasteiger partial charge in [-0.2, -0.15) is 0 Å². The highest BCUT2D eigenvalue weighted by Crippen LogP contribution is 2.27. The summed E-state index contributed by atoms with van der Waals surface area (Å²) in [4.78, 5) is 2.32. The molecule has 100 valence electrons. The third kappa shape index (κ3) is 2.94. The molecule has 0 aliphatic carbocycles. The van der Waals surface area contributed by atoms with Crippen LogP contribution in [0.25, 0.3) is 0 Å². The number of likely N-dealkylation sites (tertiary alicyclic amines) is 1. The average Bonchev–Trinajstić information content (AvgIpc) is 2.35. The first kappa shape index (κ1) is 13.2. The summed E-state index contributed by atoms with van der Waals surface area (Å²) in [5.41, 5.74) is 6.65. The van der Waals surface area contributed by atoms with Crippen LogP contribution in [0, 0.1) is 11.8 Å². The SMILES string of the molecule is CC1CCN(Cc2ccc(O)cc2O)CC1CN. The minimum atomic E-state index is 0.100. The van der Waals surface area contributed by atoms with Crippen LogP contribution in [0.3, 0.4) is 0 Å². The Hall–Kier alpha value is -1.26. The van der Waals surface area contributed by atoms with Gasteiger partial charge in [-0.15, -0.1) is 0 Å². The van der Waals surface area contributed by atoms with E-state index in [1.807, 2.05) is 0 Å². The van der Waals surface area contributed by atoms with Crippen molar-refractivity contribution in [2.45, 2.75) is 19.9 Å². The summed E-state index contributed by atoms with van der Waals surface area (Å²) in [5.74, 6) is 1.49. The summed E-state index contributed by atoms with van der Waals surface area (Å²) in [5, 5.41) is 19.1. The summed E-state index contributed by atoms with van der Waals surface area (Å²) in [6.45, 7) is 5.72. The molecule has 18 heavy (non-hydrogen) atoms. The summed E-state index contributed by atoms with van der Waals surface area (Å²) >= 11 is 0. The van der Waals surface area contributed by atoms with Gasteiger partial charge >= 0.3 is 0 Å². The highest BCUT2D eigenvalue weighted by Gasteiger charge is 2.25. The summed E-state index contributed by atoms with van der Waals surface area (Å²) < 4.78 is 0. The van der Waals surface area contributed by atoms with Crippen LogP contribution >= 0.6 is 0 Å². The molecule has 0 aromatic heterocycles. The number of piperidine rings is 1. The van der Waals surface area contributed by atoms with E-state index in [0.29, 0.717) is 11.8 Å². The van der Waals surface area contributed by atoms with Gasteiger partial charge in [0.1, 0.15) is 11.5 Å². The molecule has 2 atom stereocenters. The molecule has 4 heteroatoms. The molecule has 1 aromatic carbocycles. The fourth-order valence-electron chi connectivity index (χ4n) is 2.60. The molecule has 0 bridgehead atoms. The molecule has 1 fully saturated rings. The maximum atomic E-state index is 9.79. The highest BCUT2D eigenvalue weighted by atomic mass is 16.3. The Balaban J connectivity index is 2.01. The lowest BCUT2D eigenvalue weighted by Gasteiger charge is -2.36. The van der Waals surface area contributed by atoms with Crippen molar-refractivity contribution >= 4 is 0 Å². The van der Waals surface area contributed by atoms with Crippen LogP contribution in [-0.2, 0) is 6.54 Å². The summed E-state index contributed by atoms with van der Waals surface area (Å²) in [6.07, 6.45) is 1.15. The first-order valence-electron chi connectivity index (χ1n) is 6.53. The van der Waals surface area contributed by atoms with Crippen LogP contribution in [0.2, 0.25) is 0 Å². The van der Waals surface area contributed by atoms with E-state index in [1.165, 1.54) is 6.07 Å². The topological polar surface area (TPSA) is 69.7 Å². The molecule has 0 amide bonds. The van der Waals surface area contributed by atoms with Crippen LogP contribution in [0.5, 0.6) is 11.5 Å². The number of phenolic OH excluding ortho intramolecular Hbond substituents is 2. The minimum absolute atomic E-state index is 0.100. The van der Waals surface area contributed by atoms with Crippen LogP contribution in [0.15, 0.2) is 18.2 Å². The third-order valence-corrected chi connectivity index (χ3v) is 3.96. The number of hydrogen-bond donors (Lipinski definition) is 3. The molecule has 2 unspecified atom stereocenters. The van der Waals surface area contributed by atoms with E-state index in [4.69, 9.17) is 5.73 Å². The lowest BCUT2D eigenvalue weighted by Crippen LogP contribution is -2.42. The van der Waals surface area contributed by atoms with Crippen LogP contribution in [-0.4, -0.2) is 34.7 Å². The molecule has 0 saturated carbocycles. The summed E-state index contributed by atoms with van der Waals surface area (Å²) in [6, 6.07) is 4.78. The van der Waals surface area contributed by atoms with E-state index in [-0.39, 0.29) is 11.5 Å². The van der Waals surface area contributed by atoms with Crippen molar-refractivity contribution in [2.24, 2.45) is 17.6 Å². The number of benzene rings is 1. The zero-order valence-electron chi connectivity index (χ0n) is 10.8. The first-order chi connectivity index (χ1) is 8.60. The zero-order chi connectivity index (χ0) is 13.1. The molecule has 1 aromatic rings. The molecule has 4 N–H and O–H groups in total. The number of rotatable bonds is 3. The fourth-order valence-corrected chi connectivity index (χ4v) is 2.60.